The van der Waals surface area contributed by atoms with E-state index in [-0.39, 0.29) is 23.9 Å². The van der Waals surface area contributed by atoms with E-state index in [1.807, 2.05) is 48.3 Å². The Labute approximate surface area is 231 Å². The average Bonchev–Trinajstić information content (AvgIpc) is 2.91. The fourth-order valence-corrected chi connectivity index (χ4v) is 5.23. The molecule has 0 aromatic heterocycles. The van der Waals surface area contributed by atoms with Gasteiger partial charge in [-0.25, -0.2) is 0 Å². The van der Waals surface area contributed by atoms with E-state index in [0.29, 0.717) is 38.4 Å². The first-order valence-electron chi connectivity index (χ1n) is 13.1. The molecule has 1 fully saturated rings. The molecule has 202 valence electrons. The van der Waals surface area contributed by atoms with E-state index in [1.165, 1.54) is 0 Å². The number of thioether (sulfide) groups is 1. The van der Waals surface area contributed by atoms with Gasteiger partial charge >= 0.3 is 0 Å². The van der Waals surface area contributed by atoms with Gasteiger partial charge in [0.15, 0.2) is 0 Å². The molecular weight excluding hydrogens is 496 g/mol. The van der Waals surface area contributed by atoms with Crippen LogP contribution in [0.1, 0.15) is 54.5 Å². The summed E-state index contributed by atoms with van der Waals surface area (Å²) in [7, 11) is 1.92. The largest absolute Gasteiger partial charge is 0.493 e. The first-order valence-corrected chi connectivity index (χ1v) is 14.1. The number of nitrogens with zero attached hydrogens (tertiary/aromatic N) is 1. The molecule has 1 saturated heterocycles. The summed E-state index contributed by atoms with van der Waals surface area (Å²) in [4.78, 5) is 14.0. The minimum Gasteiger partial charge on any atom is -0.493 e. The Hall–Kier alpha value is -2.94. The summed E-state index contributed by atoms with van der Waals surface area (Å²) < 4.78 is 12.0. The number of hydrogen-bond acceptors (Lipinski definition) is 6. The number of carbonyl (C=O) groups excluding carboxylic acids is 1. The highest BCUT2D eigenvalue weighted by molar-refractivity contribution is 7.99. The number of hydrogen-bond donors (Lipinski definition) is 2. The molecule has 6 nitrogen and oxygen atoms in total. The SMILES string of the molecule is C#CCN(C)CCNC(=O)CCOc1ccc(Cc2cc([C@@H]3O[C@H](SCC)CC[C@H]3O)ccc2C#C)cc1. The van der Waals surface area contributed by atoms with Crippen molar-refractivity contribution in [2.24, 2.45) is 0 Å². The Morgan fingerprint density at radius 1 is 1.24 bits per heavy atom. The third-order valence-electron chi connectivity index (χ3n) is 6.40. The van der Waals surface area contributed by atoms with E-state index >= 15 is 0 Å². The molecule has 3 atom stereocenters. The normalized spacial score (nSPS) is 18.9. The second-order valence-corrected chi connectivity index (χ2v) is 10.8. The van der Waals surface area contributed by atoms with Crippen LogP contribution in [0.15, 0.2) is 42.5 Å². The third kappa shape index (κ3) is 9.11. The number of nitrogens with one attached hydrogen (secondary N) is 1. The lowest BCUT2D eigenvalue weighted by Crippen LogP contribution is -2.33. The van der Waals surface area contributed by atoms with Crippen molar-refractivity contribution in [2.75, 3.05) is 39.0 Å². The van der Waals surface area contributed by atoms with Crippen LogP contribution in [0.5, 0.6) is 5.75 Å². The molecule has 3 rings (SSSR count). The molecule has 2 N–H and O–H groups in total. The molecule has 0 aliphatic carbocycles. The molecule has 1 amide bonds. The number of aliphatic hydroxyl groups excluding tert-OH is 1. The molecule has 1 aliphatic heterocycles. The van der Waals surface area contributed by atoms with Crippen LogP contribution in [-0.2, 0) is 16.0 Å². The smallest absolute Gasteiger partial charge is 0.223 e. The van der Waals surface area contributed by atoms with E-state index in [4.69, 9.17) is 22.3 Å². The van der Waals surface area contributed by atoms with E-state index in [2.05, 4.69) is 30.1 Å². The predicted octanol–water partition coefficient (Wildman–Crippen LogP) is 4.00. The first kappa shape index (κ1) is 29.6. The van der Waals surface area contributed by atoms with Gasteiger partial charge in [-0.05, 0) is 67.0 Å². The number of aliphatic hydroxyl groups is 1. The molecule has 0 spiro atoms. The molecule has 0 radical (unpaired) electrons. The summed E-state index contributed by atoms with van der Waals surface area (Å²) in [5.74, 6) is 6.99. The highest BCUT2D eigenvalue weighted by Gasteiger charge is 2.31. The summed E-state index contributed by atoms with van der Waals surface area (Å²) in [5.41, 5.74) is 3.99. The summed E-state index contributed by atoms with van der Waals surface area (Å²) in [6.45, 7) is 4.23. The van der Waals surface area contributed by atoms with Gasteiger partial charge in [0, 0.05) is 18.7 Å². The molecule has 0 saturated carbocycles. The second kappa shape index (κ2) is 15.5. The van der Waals surface area contributed by atoms with Crippen molar-refractivity contribution in [3.8, 4) is 30.4 Å². The molecule has 1 aliphatic rings. The maximum Gasteiger partial charge on any atom is 0.223 e. The van der Waals surface area contributed by atoms with Crippen molar-refractivity contribution in [2.45, 2.75) is 50.3 Å². The van der Waals surface area contributed by atoms with Crippen LogP contribution in [-0.4, -0.2) is 66.5 Å². The molecule has 2 aromatic carbocycles. The Morgan fingerprint density at radius 3 is 2.74 bits per heavy atom. The van der Waals surface area contributed by atoms with Gasteiger partial charge in [-0.3, -0.25) is 9.69 Å². The molecule has 0 bridgehead atoms. The molecule has 7 heteroatoms. The van der Waals surface area contributed by atoms with Gasteiger partial charge in [0.1, 0.15) is 17.3 Å². The van der Waals surface area contributed by atoms with Gasteiger partial charge < -0.3 is 19.9 Å². The van der Waals surface area contributed by atoms with Crippen LogP contribution >= 0.6 is 11.8 Å². The zero-order valence-corrected chi connectivity index (χ0v) is 23.1. The highest BCUT2D eigenvalue weighted by Crippen LogP contribution is 2.36. The molecule has 2 aromatic rings. The van der Waals surface area contributed by atoms with E-state index in [0.717, 1.165) is 40.8 Å². The van der Waals surface area contributed by atoms with Crippen LogP contribution < -0.4 is 10.1 Å². The van der Waals surface area contributed by atoms with Gasteiger partial charge in [0.2, 0.25) is 5.91 Å². The number of rotatable bonds is 13. The summed E-state index contributed by atoms with van der Waals surface area (Å²) in [6, 6.07) is 13.8. The van der Waals surface area contributed by atoms with E-state index < -0.39 is 6.10 Å². The minimum atomic E-state index is -0.526. The fraction of sp³-hybridized carbons (Fsp3) is 0.452. The van der Waals surface area contributed by atoms with Gasteiger partial charge in [-0.2, -0.15) is 0 Å². The number of amides is 1. The van der Waals surface area contributed by atoms with Gasteiger partial charge in [0.05, 0.1) is 25.7 Å². The number of ether oxygens (including phenoxy) is 2. The monoisotopic (exact) mass is 534 g/mol. The van der Waals surface area contributed by atoms with Crippen LogP contribution in [0.3, 0.4) is 0 Å². The summed E-state index contributed by atoms with van der Waals surface area (Å²) in [5, 5.41) is 13.5. The van der Waals surface area contributed by atoms with E-state index in [1.54, 1.807) is 11.8 Å². The Kier molecular flexibility index (Phi) is 12.1. The van der Waals surface area contributed by atoms with Crippen LogP contribution in [0.25, 0.3) is 0 Å². The molecular formula is C31H38N2O4S. The quantitative estimate of drug-likeness (QED) is 0.379. The second-order valence-electron chi connectivity index (χ2n) is 9.36. The fourth-order valence-electron chi connectivity index (χ4n) is 4.36. The topological polar surface area (TPSA) is 71.0 Å². The van der Waals surface area contributed by atoms with Gasteiger partial charge in [-0.15, -0.1) is 24.6 Å². The maximum atomic E-state index is 12.0. The summed E-state index contributed by atoms with van der Waals surface area (Å²) in [6.07, 6.45) is 12.7. The minimum absolute atomic E-state index is 0.0518. The van der Waals surface area contributed by atoms with Crippen molar-refractivity contribution in [3.63, 3.8) is 0 Å². The molecule has 0 unspecified atom stereocenters. The number of carbonyl (C=O) groups is 1. The van der Waals surface area contributed by atoms with Crippen molar-refractivity contribution >= 4 is 17.7 Å². The number of terminal acetylenes is 2. The zero-order valence-electron chi connectivity index (χ0n) is 22.3. The number of benzene rings is 2. The van der Waals surface area contributed by atoms with Crippen molar-refractivity contribution in [1.82, 2.24) is 10.2 Å². The predicted molar refractivity (Wildman–Crippen MR) is 154 cm³/mol. The standard InChI is InChI=1S/C31H38N2O4S/c1-5-18-33(4)19-17-32-29(35)16-20-36-27-12-8-23(9-13-27)21-26-22-25(11-10-24(26)6-2)31-28(34)14-15-30(37-31)38-7-3/h1-2,8-13,22,28,30-31,34H,7,14-21H2,3-4H3,(H,32,35)/t28-,30-,31+/m1/s1. The van der Waals surface area contributed by atoms with Crippen molar-refractivity contribution in [1.29, 1.82) is 0 Å². The lowest BCUT2D eigenvalue weighted by atomic mass is 9.92. The van der Waals surface area contributed by atoms with Gasteiger partial charge in [-0.1, -0.05) is 43.0 Å². The van der Waals surface area contributed by atoms with Gasteiger partial charge in [0.25, 0.3) is 0 Å². The maximum absolute atomic E-state index is 12.0. The first-order chi connectivity index (χ1) is 18.4. The van der Waals surface area contributed by atoms with Crippen LogP contribution in [0.2, 0.25) is 0 Å². The summed E-state index contributed by atoms with van der Waals surface area (Å²) >= 11 is 1.77. The third-order valence-corrected chi connectivity index (χ3v) is 7.46. The Morgan fingerprint density at radius 2 is 2.03 bits per heavy atom. The average molecular weight is 535 g/mol. The highest BCUT2D eigenvalue weighted by atomic mass is 32.2. The van der Waals surface area contributed by atoms with Crippen molar-refractivity contribution < 1.29 is 19.4 Å². The van der Waals surface area contributed by atoms with Crippen LogP contribution in [0.4, 0.5) is 0 Å². The molecule has 1 heterocycles. The number of likely N-dealkylation sites (N-methyl/N-ethyl adjacent to an activating group) is 1. The lowest BCUT2D eigenvalue weighted by molar-refractivity contribution is -0.121. The van der Waals surface area contributed by atoms with E-state index in [9.17, 15) is 9.90 Å². The van der Waals surface area contributed by atoms with Crippen LogP contribution in [0, 0.1) is 24.7 Å². The lowest BCUT2D eigenvalue weighted by Gasteiger charge is -2.34. The Balaban J connectivity index is 1.54. The Bertz CT molecular complexity index is 1120. The molecule has 38 heavy (non-hydrogen) atoms. The van der Waals surface area contributed by atoms with Crippen molar-refractivity contribution in [3.05, 3.63) is 64.7 Å². The zero-order chi connectivity index (χ0) is 27.3.